The predicted octanol–water partition coefficient (Wildman–Crippen LogP) is 1.58. The van der Waals surface area contributed by atoms with Gasteiger partial charge in [-0.15, -0.1) is 0 Å². The highest BCUT2D eigenvalue weighted by molar-refractivity contribution is 5.79. The molecule has 2 aromatic rings. The minimum Gasteiger partial charge on any atom is -0.468 e. The van der Waals surface area contributed by atoms with Gasteiger partial charge in [0.05, 0.1) is 25.4 Å². The number of rotatable bonds is 5. The number of nitrogens with one attached hydrogen (secondary N) is 1. The van der Waals surface area contributed by atoms with E-state index >= 15 is 0 Å². The molecule has 102 valence electrons. The molecule has 0 amide bonds. The average molecular weight is 261 g/mol. The number of fused-ring (bicyclic) bond motifs is 1. The van der Waals surface area contributed by atoms with E-state index in [9.17, 15) is 4.79 Å². The number of methoxy groups -OCH3 is 1. The minimum absolute atomic E-state index is 0.200. The van der Waals surface area contributed by atoms with Crippen molar-refractivity contribution < 1.29 is 9.53 Å². The first kappa shape index (κ1) is 13.5. The Bertz CT molecular complexity index is 563. The van der Waals surface area contributed by atoms with Gasteiger partial charge >= 0.3 is 5.97 Å². The number of para-hydroxylation sites is 1. The molecule has 0 bridgehead atoms. The lowest BCUT2D eigenvalue weighted by Gasteiger charge is -2.19. The monoisotopic (exact) mass is 261 g/mol. The molecule has 5 nitrogen and oxygen atoms in total. The summed E-state index contributed by atoms with van der Waals surface area (Å²) in [7, 11) is 1.40. The average Bonchev–Trinajstić information content (AvgIpc) is 2.80. The first-order valence-electron chi connectivity index (χ1n) is 6.36. The van der Waals surface area contributed by atoms with Crippen molar-refractivity contribution in [3.63, 3.8) is 0 Å². The fraction of sp³-hybridized carbons (Fsp3) is 0.429. The topological polar surface area (TPSA) is 56.2 Å². The number of benzene rings is 1. The normalized spacial score (nSPS) is 12.8. The molecule has 0 aliphatic rings. The number of ether oxygens (including phenoxy) is 1. The molecule has 19 heavy (non-hydrogen) atoms. The van der Waals surface area contributed by atoms with Crippen molar-refractivity contribution in [1.82, 2.24) is 15.1 Å². The Labute approximate surface area is 112 Å². The van der Waals surface area contributed by atoms with E-state index in [2.05, 4.69) is 10.4 Å². The molecule has 0 saturated carbocycles. The van der Waals surface area contributed by atoms with Gasteiger partial charge in [-0.3, -0.25) is 9.48 Å². The minimum atomic E-state index is -0.395. The van der Waals surface area contributed by atoms with Crippen LogP contribution in [0.5, 0.6) is 0 Å². The SMILES string of the molecule is COC(=O)C(Cn1ncc2ccccc21)NC(C)C. The zero-order valence-electron chi connectivity index (χ0n) is 11.5. The molecule has 1 atom stereocenters. The Kier molecular flexibility index (Phi) is 4.16. The maximum absolute atomic E-state index is 11.8. The standard InChI is InChI=1S/C14H19N3O2/c1-10(2)16-12(14(18)19-3)9-17-13-7-5-4-6-11(13)8-15-17/h4-8,10,12,16H,9H2,1-3H3. The van der Waals surface area contributed by atoms with E-state index in [1.165, 1.54) is 7.11 Å². The number of carbonyl (C=O) groups excluding carboxylic acids is 1. The van der Waals surface area contributed by atoms with Gasteiger partial charge in [-0.05, 0) is 6.07 Å². The van der Waals surface area contributed by atoms with Crippen molar-refractivity contribution >= 4 is 16.9 Å². The van der Waals surface area contributed by atoms with Gasteiger partial charge in [-0.2, -0.15) is 5.10 Å². The molecule has 5 heteroatoms. The second-order valence-corrected chi connectivity index (χ2v) is 4.78. The van der Waals surface area contributed by atoms with Gasteiger partial charge in [0.15, 0.2) is 0 Å². The summed E-state index contributed by atoms with van der Waals surface area (Å²) >= 11 is 0. The second-order valence-electron chi connectivity index (χ2n) is 4.78. The van der Waals surface area contributed by atoms with Crippen LogP contribution in [0, 0.1) is 0 Å². The number of hydrogen-bond donors (Lipinski definition) is 1. The van der Waals surface area contributed by atoms with Crippen LogP contribution in [0.2, 0.25) is 0 Å². The number of aromatic nitrogens is 2. The summed E-state index contributed by atoms with van der Waals surface area (Å²) in [5.74, 6) is -0.270. The highest BCUT2D eigenvalue weighted by Gasteiger charge is 2.21. The molecule has 1 aromatic carbocycles. The van der Waals surface area contributed by atoms with Crippen LogP contribution in [-0.2, 0) is 16.1 Å². The molecule has 1 unspecified atom stereocenters. The van der Waals surface area contributed by atoms with Crippen molar-refractivity contribution in [2.24, 2.45) is 0 Å². The van der Waals surface area contributed by atoms with E-state index < -0.39 is 6.04 Å². The molecule has 0 saturated heterocycles. The summed E-state index contributed by atoms with van der Waals surface area (Å²) in [6.07, 6.45) is 1.80. The lowest BCUT2D eigenvalue weighted by atomic mass is 10.2. The van der Waals surface area contributed by atoms with Crippen molar-refractivity contribution in [2.45, 2.75) is 32.5 Å². The van der Waals surface area contributed by atoms with Crippen LogP contribution in [0.4, 0.5) is 0 Å². The zero-order chi connectivity index (χ0) is 13.8. The van der Waals surface area contributed by atoms with Gasteiger partial charge in [-0.25, -0.2) is 0 Å². The highest BCUT2D eigenvalue weighted by atomic mass is 16.5. The predicted molar refractivity (Wildman–Crippen MR) is 73.8 cm³/mol. The van der Waals surface area contributed by atoms with Gasteiger partial charge in [0, 0.05) is 11.4 Å². The first-order valence-corrected chi connectivity index (χ1v) is 6.36. The van der Waals surface area contributed by atoms with Crippen LogP contribution in [0.3, 0.4) is 0 Å². The van der Waals surface area contributed by atoms with Crippen LogP contribution >= 0.6 is 0 Å². The fourth-order valence-electron chi connectivity index (χ4n) is 2.08. The van der Waals surface area contributed by atoms with Gasteiger partial charge in [0.25, 0.3) is 0 Å². The molecule has 1 N–H and O–H groups in total. The Morgan fingerprint density at radius 2 is 2.16 bits per heavy atom. The third-order valence-electron chi connectivity index (χ3n) is 2.93. The summed E-state index contributed by atoms with van der Waals surface area (Å²) in [4.78, 5) is 11.8. The van der Waals surface area contributed by atoms with Crippen LogP contribution in [0.1, 0.15) is 13.8 Å². The van der Waals surface area contributed by atoms with Crippen molar-refractivity contribution in [3.05, 3.63) is 30.5 Å². The third-order valence-corrected chi connectivity index (χ3v) is 2.93. The quantitative estimate of drug-likeness (QED) is 0.830. The molecule has 0 spiro atoms. The number of esters is 1. The highest BCUT2D eigenvalue weighted by Crippen LogP contribution is 2.13. The summed E-state index contributed by atoms with van der Waals surface area (Å²) < 4.78 is 6.66. The van der Waals surface area contributed by atoms with E-state index in [4.69, 9.17) is 4.74 Å². The number of nitrogens with zero attached hydrogens (tertiary/aromatic N) is 2. The molecular weight excluding hydrogens is 242 g/mol. The second kappa shape index (κ2) is 5.84. The largest absolute Gasteiger partial charge is 0.468 e. The third kappa shape index (κ3) is 3.12. The number of carbonyl (C=O) groups is 1. The van der Waals surface area contributed by atoms with Gasteiger partial charge in [0.2, 0.25) is 0 Å². The summed E-state index contributed by atoms with van der Waals surface area (Å²) in [5.41, 5.74) is 1.02. The van der Waals surface area contributed by atoms with Crippen molar-refractivity contribution in [3.8, 4) is 0 Å². The first-order chi connectivity index (χ1) is 9.11. The lowest BCUT2D eigenvalue weighted by Crippen LogP contribution is -2.44. The van der Waals surface area contributed by atoms with E-state index in [0.717, 1.165) is 10.9 Å². The summed E-state index contributed by atoms with van der Waals surface area (Å²) in [6, 6.07) is 7.73. The van der Waals surface area contributed by atoms with Gasteiger partial charge in [0.1, 0.15) is 6.04 Å². The van der Waals surface area contributed by atoms with Crippen LogP contribution in [0.15, 0.2) is 30.5 Å². The summed E-state index contributed by atoms with van der Waals surface area (Å²) in [5, 5.41) is 8.59. The van der Waals surface area contributed by atoms with Crippen molar-refractivity contribution in [2.75, 3.05) is 7.11 Å². The van der Waals surface area contributed by atoms with Gasteiger partial charge < -0.3 is 10.1 Å². The van der Waals surface area contributed by atoms with Gasteiger partial charge in [-0.1, -0.05) is 32.0 Å². The Balaban J connectivity index is 2.23. The zero-order valence-corrected chi connectivity index (χ0v) is 11.5. The molecule has 1 heterocycles. The molecule has 1 aromatic heterocycles. The van der Waals surface area contributed by atoms with E-state index in [0.29, 0.717) is 6.54 Å². The van der Waals surface area contributed by atoms with Crippen molar-refractivity contribution in [1.29, 1.82) is 0 Å². The summed E-state index contributed by atoms with van der Waals surface area (Å²) in [6.45, 7) is 4.45. The van der Waals surface area contributed by atoms with Crippen LogP contribution < -0.4 is 5.32 Å². The number of hydrogen-bond acceptors (Lipinski definition) is 4. The smallest absolute Gasteiger partial charge is 0.324 e. The molecule has 0 radical (unpaired) electrons. The Morgan fingerprint density at radius 3 is 2.84 bits per heavy atom. The molecular formula is C14H19N3O2. The molecule has 0 aliphatic heterocycles. The Morgan fingerprint density at radius 1 is 1.42 bits per heavy atom. The van der Waals surface area contributed by atoms with E-state index in [1.807, 2.05) is 42.8 Å². The molecule has 0 aliphatic carbocycles. The lowest BCUT2D eigenvalue weighted by molar-refractivity contribution is -0.143. The maximum Gasteiger partial charge on any atom is 0.324 e. The maximum atomic E-state index is 11.8. The molecule has 0 fully saturated rings. The van der Waals surface area contributed by atoms with Crippen LogP contribution in [0.25, 0.3) is 10.9 Å². The van der Waals surface area contributed by atoms with E-state index in [-0.39, 0.29) is 12.0 Å². The fourth-order valence-corrected chi connectivity index (χ4v) is 2.08. The van der Waals surface area contributed by atoms with E-state index in [1.54, 1.807) is 6.20 Å². The Hall–Kier alpha value is -1.88. The molecule has 2 rings (SSSR count). The van der Waals surface area contributed by atoms with Crippen LogP contribution in [-0.4, -0.2) is 34.9 Å².